The molecule has 21 heavy (non-hydrogen) atoms. The Morgan fingerprint density at radius 2 is 1.57 bits per heavy atom. The molecule has 0 spiro atoms. The fraction of sp³-hybridized carbons (Fsp3) is 0.133. The van der Waals surface area contributed by atoms with E-state index in [1.807, 2.05) is 0 Å². The average Bonchev–Trinajstić information content (AvgIpc) is 2.36. The Morgan fingerprint density at radius 3 is 2.14 bits per heavy atom. The van der Waals surface area contributed by atoms with Crippen molar-refractivity contribution in [3.05, 3.63) is 62.1 Å². The number of ketones is 1. The lowest BCUT2D eigenvalue weighted by Crippen LogP contribution is -2.24. The van der Waals surface area contributed by atoms with Crippen molar-refractivity contribution in [3.63, 3.8) is 0 Å². The topological polar surface area (TPSA) is 26.3 Å². The summed E-state index contributed by atoms with van der Waals surface area (Å²) in [6.45, 7) is 1.63. The molecule has 110 valence electrons. The second kappa shape index (κ2) is 6.89. The third kappa shape index (κ3) is 4.27. The molecule has 0 bridgehead atoms. The lowest BCUT2D eigenvalue weighted by molar-refractivity contribution is 0.0818. The predicted octanol–water partition coefficient (Wildman–Crippen LogP) is 5.95. The van der Waals surface area contributed by atoms with Crippen LogP contribution < -0.4 is 4.74 Å². The number of hydrogen-bond acceptors (Lipinski definition) is 2. The Hall–Kier alpha value is -0.930. The van der Waals surface area contributed by atoms with Gasteiger partial charge in [0.05, 0.1) is 5.02 Å². The zero-order chi connectivity index (χ0) is 15.6. The Kier molecular flexibility index (Phi) is 5.39. The number of carbonyl (C=O) groups is 1. The van der Waals surface area contributed by atoms with Crippen molar-refractivity contribution in [1.82, 2.24) is 0 Å². The minimum Gasteiger partial charge on any atom is -0.482 e. The van der Waals surface area contributed by atoms with Gasteiger partial charge in [0.25, 0.3) is 0 Å². The first-order valence-electron chi connectivity index (χ1n) is 5.99. The normalized spacial score (nSPS) is 12.0. The van der Waals surface area contributed by atoms with E-state index in [1.165, 1.54) is 6.07 Å². The molecule has 0 aromatic heterocycles. The van der Waals surface area contributed by atoms with Crippen LogP contribution >= 0.6 is 46.4 Å². The third-order valence-corrected chi connectivity index (χ3v) is 3.70. The maximum Gasteiger partial charge on any atom is 0.204 e. The highest BCUT2D eigenvalue weighted by molar-refractivity contribution is 6.37. The zero-order valence-electron chi connectivity index (χ0n) is 10.9. The number of hydrogen-bond donors (Lipinski definition) is 0. The molecule has 0 saturated heterocycles. The van der Waals surface area contributed by atoms with Gasteiger partial charge >= 0.3 is 0 Å². The summed E-state index contributed by atoms with van der Waals surface area (Å²) < 4.78 is 5.57. The van der Waals surface area contributed by atoms with Crippen LogP contribution in [0, 0.1) is 0 Å². The van der Waals surface area contributed by atoms with Gasteiger partial charge in [-0.25, -0.2) is 0 Å². The van der Waals surface area contributed by atoms with E-state index in [0.717, 1.165) is 0 Å². The van der Waals surface area contributed by atoms with Crippen molar-refractivity contribution in [3.8, 4) is 5.75 Å². The van der Waals surface area contributed by atoms with Crippen LogP contribution in [0.2, 0.25) is 20.1 Å². The van der Waals surface area contributed by atoms with Crippen molar-refractivity contribution in [2.75, 3.05) is 0 Å². The van der Waals surface area contributed by atoms with Crippen LogP contribution in [-0.2, 0) is 0 Å². The van der Waals surface area contributed by atoms with Gasteiger partial charge in [-0.15, -0.1) is 0 Å². The second-order valence-corrected chi connectivity index (χ2v) is 6.07. The summed E-state index contributed by atoms with van der Waals surface area (Å²) in [5, 5.41) is 1.61. The molecule has 0 aliphatic heterocycles. The molecular weight excluding hydrogens is 354 g/mol. The summed E-state index contributed by atoms with van der Waals surface area (Å²) >= 11 is 23.6. The molecule has 2 aromatic rings. The van der Waals surface area contributed by atoms with Crippen LogP contribution in [0.4, 0.5) is 0 Å². The first kappa shape index (κ1) is 16.4. The molecule has 0 heterocycles. The van der Waals surface area contributed by atoms with Crippen molar-refractivity contribution in [2.45, 2.75) is 13.0 Å². The van der Waals surface area contributed by atoms with E-state index in [-0.39, 0.29) is 10.8 Å². The van der Waals surface area contributed by atoms with Crippen molar-refractivity contribution < 1.29 is 9.53 Å². The average molecular weight is 364 g/mol. The van der Waals surface area contributed by atoms with Crippen LogP contribution in [0.15, 0.2) is 36.4 Å². The number of ether oxygens (including phenoxy) is 1. The van der Waals surface area contributed by atoms with Crippen molar-refractivity contribution in [1.29, 1.82) is 0 Å². The van der Waals surface area contributed by atoms with E-state index in [2.05, 4.69) is 0 Å². The summed E-state index contributed by atoms with van der Waals surface area (Å²) in [5.41, 5.74) is 0.349. The van der Waals surface area contributed by atoms with Gasteiger partial charge in [-0.3, -0.25) is 4.79 Å². The molecule has 2 nitrogen and oxygen atoms in total. The van der Waals surface area contributed by atoms with E-state index in [0.29, 0.717) is 26.4 Å². The first-order chi connectivity index (χ1) is 9.86. The summed E-state index contributed by atoms with van der Waals surface area (Å²) in [6.07, 6.45) is -0.738. The predicted molar refractivity (Wildman–Crippen MR) is 87.3 cm³/mol. The van der Waals surface area contributed by atoms with Crippen LogP contribution in [0.5, 0.6) is 5.75 Å². The van der Waals surface area contributed by atoms with E-state index in [4.69, 9.17) is 51.1 Å². The first-order valence-corrected chi connectivity index (χ1v) is 7.50. The number of benzene rings is 2. The molecule has 0 N–H and O–H groups in total. The van der Waals surface area contributed by atoms with Gasteiger partial charge in [-0.1, -0.05) is 46.4 Å². The number of carbonyl (C=O) groups excluding carboxylic acids is 1. The van der Waals surface area contributed by atoms with Gasteiger partial charge in [0.15, 0.2) is 6.10 Å². The summed E-state index contributed by atoms with van der Waals surface area (Å²) in [7, 11) is 0. The van der Waals surface area contributed by atoms with Crippen molar-refractivity contribution in [2.24, 2.45) is 0 Å². The number of rotatable bonds is 4. The Bertz CT molecular complexity index is 665. The lowest BCUT2D eigenvalue weighted by Gasteiger charge is -2.15. The quantitative estimate of drug-likeness (QED) is 0.627. The molecule has 2 rings (SSSR count). The maximum atomic E-state index is 12.3. The van der Waals surface area contributed by atoms with Gasteiger partial charge < -0.3 is 4.74 Å². The standard InChI is InChI=1S/C15H10Cl4O2/c1-8(21-12-5-10(17)4-11(18)6-12)15(20)13-3-2-9(16)7-14(13)19/h2-8H,1H3. The highest BCUT2D eigenvalue weighted by Gasteiger charge is 2.20. The van der Waals surface area contributed by atoms with E-state index in [1.54, 1.807) is 37.3 Å². The summed E-state index contributed by atoms with van der Waals surface area (Å²) in [4.78, 5) is 12.3. The Morgan fingerprint density at radius 1 is 0.952 bits per heavy atom. The molecule has 0 radical (unpaired) electrons. The summed E-state index contributed by atoms with van der Waals surface area (Å²) in [6, 6.07) is 9.43. The van der Waals surface area contributed by atoms with Gasteiger partial charge in [-0.2, -0.15) is 0 Å². The molecule has 1 atom stereocenters. The largest absolute Gasteiger partial charge is 0.482 e. The van der Waals surface area contributed by atoms with Crippen molar-refractivity contribution >= 4 is 52.2 Å². The van der Waals surface area contributed by atoms with Crippen LogP contribution in [-0.4, -0.2) is 11.9 Å². The van der Waals surface area contributed by atoms with Gasteiger partial charge in [0.1, 0.15) is 5.75 Å². The monoisotopic (exact) mass is 362 g/mol. The minimum absolute atomic E-state index is 0.257. The zero-order valence-corrected chi connectivity index (χ0v) is 13.9. The van der Waals surface area contributed by atoms with E-state index < -0.39 is 6.10 Å². The minimum atomic E-state index is -0.738. The van der Waals surface area contributed by atoms with Crippen LogP contribution in [0.25, 0.3) is 0 Å². The van der Waals surface area contributed by atoms with Crippen LogP contribution in [0.3, 0.4) is 0 Å². The fourth-order valence-electron chi connectivity index (χ4n) is 1.76. The molecule has 0 amide bonds. The van der Waals surface area contributed by atoms with Gasteiger partial charge in [0.2, 0.25) is 5.78 Å². The van der Waals surface area contributed by atoms with Gasteiger partial charge in [-0.05, 0) is 43.3 Å². The Labute approximate surface area is 142 Å². The number of Topliss-reactive ketones (excluding diaryl/α,β-unsaturated/α-hetero) is 1. The Balaban J connectivity index is 2.19. The smallest absolute Gasteiger partial charge is 0.204 e. The molecule has 0 aliphatic rings. The number of halogens is 4. The second-order valence-electron chi connectivity index (χ2n) is 4.35. The molecule has 2 aromatic carbocycles. The fourth-order valence-corrected chi connectivity index (χ4v) is 2.77. The molecule has 1 unspecified atom stereocenters. The van der Waals surface area contributed by atoms with Crippen LogP contribution in [0.1, 0.15) is 17.3 Å². The van der Waals surface area contributed by atoms with Gasteiger partial charge in [0, 0.05) is 20.6 Å². The highest BCUT2D eigenvalue weighted by atomic mass is 35.5. The molecule has 0 saturated carbocycles. The highest BCUT2D eigenvalue weighted by Crippen LogP contribution is 2.27. The maximum absolute atomic E-state index is 12.3. The third-order valence-electron chi connectivity index (χ3n) is 2.71. The lowest BCUT2D eigenvalue weighted by atomic mass is 10.1. The SMILES string of the molecule is CC(Oc1cc(Cl)cc(Cl)c1)C(=O)c1ccc(Cl)cc1Cl. The molecule has 6 heteroatoms. The molecular formula is C15H10Cl4O2. The molecule has 0 fully saturated rings. The van der Waals surface area contributed by atoms with E-state index >= 15 is 0 Å². The molecule has 0 aliphatic carbocycles. The van der Waals surface area contributed by atoms with E-state index in [9.17, 15) is 4.79 Å². The summed E-state index contributed by atoms with van der Waals surface area (Å²) in [5.74, 6) is 0.159.